The van der Waals surface area contributed by atoms with Gasteiger partial charge in [0.25, 0.3) is 11.8 Å². The van der Waals surface area contributed by atoms with Gasteiger partial charge in [0.15, 0.2) is 0 Å². The summed E-state index contributed by atoms with van der Waals surface area (Å²) < 4.78 is 18.7. The van der Waals surface area contributed by atoms with Gasteiger partial charge in [-0.3, -0.25) is 10.2 Å². The smallest absolute Gasteiger partial charge is 0.260 e. The van der Waals surface area contributed by atoms with Gasteiger partial charge in [0.2, 0.25) is 11.8 Å². The number of benzene rings is 1. The first-order chi connectivity index (χ1) is 9.11. The first-order valence-electron chi connectivity index (χ1n) is 5.17. The highest BCUT2D eigenvalue weighted by Crippen LogP contribution is 2.25. The molecule has 1 amide bonds. The Morgan fingerprint density at radius 2 is 2.11 bits per heavy atom. The fourth-order valence-electron chi connectivity index (χ4n) is 1.36. The molecule has 8 heteroatoms. The number of carbonyl (C=O) groups is 1. The number of rotatable bonds is 4. The van der Waals surface area contributed by atoms with E-state index in [0.29, 0.717) is 0 Å². The number of nitrogens with two attached hydrogens (primary N) is 2. The number of anilines is 1. The Kier molecular flexibility index (Phi) is 3.53. The molecule has 0 unspecified atom stereocenters. The number of nitrogens with one attached hydrogen (secondary N) is 1. The van der Waals surface area contributed by atoms with Crippen molar-refractivity contribution in [1.82, 2.24) is 9.97 Å². The number of carbonyl (C=O) groups excluding carboxylic acids is 1. The predicted molar refractivity (Wildman–Crippen MR) is 64.8 cm³/mol. The van der Waals surface area contributed by atoms with Crippen molar-refractivity contribution in [2.45, 2.75) is 0 Å². The van der Waals surface area contributed by atoms with Gasteiger partial charge >= 0.3 is 0 Å². The lowest BCUT2D eigenvalue weighted by molar-refractivity contribution is 0.0998. The highest BCUT2D eigenvalue weighted by atomic mass is 19.1. The molecule has 0 aliphatic rings. The molecule has 5 N–H and O–H groups in total. The van der Waals surface area contributed by atoms with Gasteiger partial charge in [-0.15, -0.1) is 0 Å². The second-order valence-electron chi connectivity index (χ2n) is 3.45. The van der Waals surface area contributed by atoms with Crippen molar-refractivity contribution < 1.29 is 13.9 Å². The summed E-state index contributed by atoms with van der Waals surface area (Å²) in [4.78, 5) is 18.5. The van der Waals surface area contributed by atoms with E-state index in [1.807, 2.05) is 0 Å². The summed E-state index contributed by atoms with van der Waals surface area (Å²) in [5.74, 6) is 3.34. The molecule has 0 aliphatic carbocycles. The van der Waals surface area contributed by atoms with E-state index in [9.17, 15) is 9.18 Å². The van der Waals surface area contributed by atoms with E-state index >= 15 is 0 Å². The Hall–Kier alpha value is -2.74. The molecule has 1 aromatic carbocycles. The molecular formula is C11H10FN5O2. The number of ether oxygens (including phenoxy) is 1. The molecule has 0 bridgehead atoms. The SMILES string of the molecule is NNc1ncc(F)c(Oc2ccccc2C(N)=O)n1. The molecule has 98 valence electrons. The molecule has 2 rings (SSSR count). The van der Waals surface area contributed by atoms with E-state index < -0.39 is 11.7 Å². The summed E-state index contributed by atoms with van der Waals surface area (Å²) in [7, 11) is 0. The van der Waals surface area contributed by atoms with Crippen molar-refractivity contribution in [3.05, 3.63) is 41.8 Å². The third-order valence-electron chi connectivity index (χ3n) is 2.20. The van der Waals surface area contributed by atoms with Gasteiger partial charge in [-0.25, -0.2) is 10.8 Å². The molecule has 1 aromatic heterocycles. The third kappa shape index (κ3) is 2.75. The fourth-order valence-corrected chi connectivity index (χ4v) is 1.36. The Bertz CT molecular complexity index is 620. The summed E-state index contributed by atoms with van der Waals surface area (Å²) in [5.41, 5.74) is 7.46. The number of amides is 1. The van der Waals surface area contributed by atoms with Gasteiger partial charge in [-0.2, -0.15) is 9.37 Å². The molecule has 0 spiro atoms. The zero-order valence-corrected chi connectivity index (χ0v) is 9.63. The van der Waals surface area contributed by atoms with E-state index in [1.54, 1.807) is 12.1 Å². The molecule has 0 fully saturated rings. The number of primary amides is 1. The molecule has 0 saturated carbocycles. The monoisotopic (exact) mass is 263 g/mol. The third-order valence-corrected chi connectivity index (χ3v) is 2.20. The second-order valence-corrected chi connectivity index (χ2v) is 3.45. The van der Waals surface area contributed by atoms with Crippen LogP contribution in [0.2, 0.25) is 0 Å². The lowest BCUT2D eigenvalue weighted by Gasteiger charge is -2.09. The average Bonchev–Trinajstić information content (AvgIpc) is 2.41. The number of para-hydroxylation sites is 1. The summed E-state index contributed by atoms with van der Waals surface area (Å²) in [6, 6.07) is 6.15. The highest BCUT2D eigenvalue weighted by Gasteiger charge is 2.13. The second kappa shape index (κ2) is 5.27. The summed E-state index contributed by atoms with van der Waals surface area (Å²) in [5, 5.41) is 0. The highest BCUT2D eigenvalue weighted by molar-refractivity contribution is 5.95. The number of hydrogen-bond acceptors (Lipinski definition) is 6. The molecule has 0 atom stereocenters. The average molecular weight is 263 g/mol. The first kappa shape index (κ1) is 12.7. The quantitative estimate of drug-likeness (QED) is 0.554. The predicted octanol–water partition coefficient (Wildman–Crippen LogP) is 0.792. The van der Waals surface area contributed by atoms with Crippen molar-refractivity contribution in [3.8, 4) is 11.6 Å². The lowest BCUT2D eigenvalue weighted by Crippen LogP contribution is -2.13. The number of hydrogen-bond donors (Lipinski definition) is 3. The largest absolute Gasteiger partial charge is 0.436 e. The van der Waals surface area contributed by atoms with E-state index in [4.69, 9.17) is 16.3 Å². The number of nitrogens with zero attached hydrogens (tertiary/aromatic N) is 2. The van der Waals surface area contributed by atoms with Crippen LogP contribution in [0.1, 0.15) is 10.4 Å². The van der Waals surface area contributed by atoms with Crippen LogP contribution in [-0.4, -0.2) is 15.9 Å². The standard InChI is InChI=1S/C11H10FN5O2/c12-7-5-15-11(17-14)16-10(7)19-8-4-2-1-3-6(8)9(13)18/h1-5H,14H2,(H2,13,18)(H,15,16,17). The molecule has 19 heavy (non-hydrogen) atoms. The van der Waals surface area contributed by atoms with Crippen molar-refractivity contribution in [3.63, 3.8) is 0 Å². The van der Waals surface area contributed by atoms with Gasteiger partial charge in [0, 0.05) is 0 Å². The maximum atomic E-state index is 13.5. The van der Waals surface area contributed by atoms with Gasteiger partial charge in [-0.1, -0.05) is 12.1 Å². The van der Waals surface area contributed by atoms with E-state index in [2.05, 4.69) is 15.4 Å². The van der Waals surface area contributed by atoms with Crippen LogP contribution in [0.15, 0.2) is 30.5 Å². The maximum absolute atomic E-state index is 13.5. The van der Waals surface area contributed by atoms with Crippen LogP contribution in [0.25, 0.3) is 0 Å². The minimum atomic E-state index is -0.793. The molecule has 2 aromatic rings. The van der Waals surface area contributed by atoms with Gasteiger partial charge in [-0.05, 0) is 12.1 Å². The topological polar surface area (TPSA) is 116 Å². The molecule has 1 heterocycles. The maximum Gasteiger partial charge on any atom is 0.260 e. The van der Waals surface area contributed by atoms with Crippen LogP contribution in [-0.2, 0) is 0 Å². The van der Waals surface area contributed by atoms with Crippen LogP contribution < -0.4 is 21.7 Å². The van der Waals surface area contributed by atoms with Gasteiger partial charge in [0.05, 0.1) is 11.8 Å². The molecule has 0 radical (unpaired) electrons. The number of aromatic nitrogens is 2. The van der Waals surface area contributed by atoms with Gasteiger partial charge in [0.1, 0.15) is 5.75 Å². The van der Waals surface area contributed by atoms with E-state index in [1.165, 1.54) is 12.1 Å². The molecule has 7 nitrogen and oxygen atoms in total. The van der Waals surface area contributed by atoms with Crippen LogP contribution in [0.4, 0.5) is 10.3 Å². The molecular weight excluding hydrogens is 253 g/mol. The Morgan fingerprint density at radius 3 is 2.79 bits per heavy atom. The number of nitrogen functional groups attached to an aromatic ring is 1. The normalized spacial score (nSPS) is 10.0. The fraction of sp³-hybridized carbons (Fsp3) is 0. The van der Waals surface area contributed by atoms with Crippen molar-refractivity contribution in [2.24, 2.45) is 11.6 Å². The minimum Gasteiger partial charge on any atom is -0.436 e. The van der Waals surface area contributed by atoms with Crippen LogP contribution in [0, 0.1) is 5.82 Å². The summed E-state index contributed by atoms with van der Waals surface area (Å²) in [6.07, 6.45) is 0.893. The number of hydrazine groups is 1. The van der Waals surface area contributed by atoms with Crippen molar-refractivity contribution in [2.75, 3.05) is 5.43 Å². The Labute approximate surface area is 107 Å². The molecule has 0 aliphatic heterocycles. The van der Waals surface area contributed by atoms with Crippen molar-refractivity contribution in [1.29, 1.82) is 0 Å². The van der Waals surface area contributed by atoms with Crippen molar-refractivity contribution >= 4 is 11.9 Å². The van der Waals surface area contributed by atoms with Crippen LogP contribution in [0.3, 0.4) is 0 Å². The summed E-state index contributed by atoms with van der Waals surface area (Å²) in [6.45, 7) is 0. The Balaban J connectivity index is 2.38. The zero-order chi connectivity index (χ0) is 13.8. The number of halogens is 1. The minimum absolute atomic E-state index is 0.0204. The molecule has 0 saturated heterocycles. The van der Waals surface area contributed by atoms with E-state index in [-0.39, 0.29) is 23.1 Å². The Morgan fingerprint density at radius 1 is 1.37 bits per heavy atom. The lowest BCUT2D eigenvalue weighted by atomic mass is 10.2. The van der Waals surface area contributed by atoms with Gasteiger partial charge < -0.3 is 10.5 Å². The zero-order valence-electron chi connectivity index (χ0n) is 9.63. The van der Waals surface area contributed by atoms with Crippen LogP contribution in [0.5, 0.6) is 11.6 Å². The van der Waals surface area contributed by atoms with E-state index in [0.717, 1.165) is 6.20 Å². The first-order valence-corrected chi connectivity index (χ1v) is 5.17. The summed E-state index contributed by atoms with van der Waals surface area (Å²) >= 11 is 0. The van der Waals surface area contributed by atoms with Crippen LogP contribution >= 0.6 is 0 Å².